The van der Waals surface area contributed by atoms with E-state index in [2.05, 4.69) is 40.2 Å². The number of fused-ring (bicyclic) bond motifs is 1. The maximum atomic E-state index is 5.86. The lowest BCUT2D eigenvalue weighted by molar-refractivity contribution is 0.306. The molecule has 0 saturated carbocycles. The maximum Gasteiger partial charge on any atom is 0.120 e. The zero-order valence-corrected chi connectivity index (χ0v) is 13.0. The maximum absolute atomic E-state index is 5.86. The minimum absolute atomic E-state index is 0.541. The van der Waals surface area contributed by atoms with Crippen LogP contribution in [0.15, 0.2) is 65.1 Å². The minimum atomic E-state index is 0.541. The summed E-state index contributed by atoms with van der Waals surface area (Å²) in [5.74, 6) is 0.870. The zero-order chi connectivity index (χ0) is 13.9. The lowest BCUT2D eigenvalue weighted by Gasteiger charge is -2.08. The molecule has 3 aromatic carbocycles. The van der Waals surface area contributed by atoms with Crippen LogP contribution in [0.4, 0.5) is 0 Å². The first-order chi connectivity index (χ1) is 9.70. The average molecular weight is 348 g/mol. The highest BCUT2D eigenvalue weighted by Crippen LogP contribution is 2.24. The molecule has 3 aromatic rings. The summed E-state index contributed by atoms with van der Waals surface area (Å²) in [4.78, 5) is 0. The summed E-state index contributed by atoms with van der Waals surface area (Å²) in [5.41, 5.74) is 1.10. The summed E-state index contributed by atoms with van der Waals surface area (Å²) in [7, 11) is 0. The molecule has 0 unspecified atom stereocenters. The Bertz CT molecular complexity index is 738. The number of benzene rings is 3. The third-order valence-corrected chi connectivity index (χ3v) is 3.84. The van der Waals surface area contributed by atoms with Crippen LogP contribution in [0.1, 0.15) is 5.56 Å². The molecule has 0 N–H and O–H groups in total. The molecule has 0 aromatic heterocycles. The molecule has 20 heavy (non-hydrogen) atoms. The van der Waals surface area contributed by atoms with Crippen LogP contribution >= 0.6 is 27.5 Å². The van der Waals surface area contributed by atoms with Crippen molar-refractivity contribution in [1.29, 1.82) is 0 Å². The van der Waals surface area contributed by atoms with Crippen molar-refractivity contribution in [2.45, 2.75) is 6.61 Å². The smallest absolute Gasteiger partial charge is 0.120 e. The Balaban J connectivity index is 1.77. The predicted molar refractivity (Wildman–Crippen MR) is 87.4 cm³/mol. The van der Waals surface area contributed by atoms with Crippen LogP contribution in [0.3, 0.4) is 0 Å². The predicted octanol–water partition coefficient (Wildman–Crippen LogP) is 5.83. The molecule has 0 saturated heterocycles. The first-order valence-corrected chi connectivity index (χ1v) is 7.44. The minimum Gasteiger partial charge on any atom is -0.489 e. The largest absolute Gasteiger partial charge is 0.489 e. The fourth-order valence-electron chi connectivity index (χ4n) is 2.03. The van der Waals surface area contributed by atoms with Crippen LogP contribution in [0.25, 0.3) is 10.8 Å². The quantitative estimate of drug-likeness (QED) is 0.579. The summed E-state index contributed by atoms with van der Waals surface area (Å²) >= 11 is 9.34. The Hall–Kier alpha value is -1.51. The van der Waals surface area contributed by atoms with E-state index in [9.17, 15) is 0 Å². The molecule has 0 fully saturated rings. The molecule has 0 radical (unpaired) electrons. The number of hydrogen-bond acceptors (Lipinski definition) is 1. The Labute approximate surface area is 131 Å². The normalized spacial score (nSPS) is 10.7. The van der Waals surface area contributed by atoms with Crippen molar-refractivity contribution in [2.24, 2.45) is 0 Å². The second kappa shape index (κ2) is 5.86. The molecule has 0 spiro atoms. The van der Waals surface area contributed by atoms with E-state index in [1.165, 1.54) is 10.8 Å². The van der Waals surface area contributed by atoms with Crippen LogP contribution < -0.4 is 4.74 Å². The highest BCUT2D eigenvalue weighted by Gasteiger charge is 2.00. The monoisotopic (exact) mass is 346 g/mol. The molecular weight excluding hydrogens is 336 g/mol. The Morgan fingerprint density at radius 1 is 0.850 bits per heavy atom. The van der Waals surface area contributed by atoms with E-state index in [1.807, 2.05) is 36.4 Å². The fourth-order valence-corrected chi connectivity index (χ4v) is 2.54. The van der Waals surface area contributed by atoms with E-state index in [4.69, 9.17) is 16.3 Å². The van der Waals surface area contributed by atoms with Gasteiger partial charge in [-0.05, 0) is 52.7 Å². The molecule has 0 amide bonds. The summed E-state index contributed by atoms with van der Waals surface area (Å²) in [6.45, 7) is 0.541. The van der Waals surface area contributed by atoms with Crippen molar-refractivity contribution < 1.29 is 4.74 Å². The van der Waals surface area contributed by atoms with E-state index in [0.29, 0.717) is 6.61 Å². The number of hydrogen-bond donors (Lipinski definition) is 0. The molecular formula is C17H12BrClO. The van der Waals surface area contributed by atoms with Gasteiger partial charge in [0.05, 0.1) is 0 Å². The van der Waals surface area contributed by atoms with Gasteiger partial charge in [-0.3, -0.25) is 0 Å². The SMILES string of the molecule is Clc1ccc(COc2ccc3cc(Br)ccc3c2)cc1. The van der Waals surface area contributed by atoms with Crippen LogP contribution in [0.2, 0.25) is 5.02 Å². The van der Waals surface area contributed by atoms with Gasteiger partial charge in [0.1, 0.15) is 12.4 Å². The Morgan fingerprint density at radius 2 is 1.55 bits per heavy atom. The molecule has 0 aliphatic heterocycles. The van der Waals surface area contributed by atoms with Gasteiger partial charge in [0, 0.05) is 9.50 Å². The van der Waals surface area contributed by atoms with Crippen molar-refractivity contribution in [3.05, 3.63) is 75.7 Å². The zero-order valence-electron chi connectivity index (χ0n) is 10.6. The van der Waals surface area contributed by atoms with Gasteiger partial charge in [-0.2, -0.15) is 0 Å². The van der Waals surface area contributed by atoms with Gasteiger partial charge in [-0.15, -0.1) is 0 Å². The summed E-state index contributed by atoms with van der Waals surface area (Å²) in [5, 5.41) is 3.10. The molecule has 0 aliphatic rings. The molecule has 0 heterocycles. The lowest BCUT2D eigenvalue weighted by atomic mass is 10.1. The van der Waals surface area contributed by atoms with E-state index in [0.717, 1.165) is 20.8 Å². The van der Waals surface area contributed by atoms with Gasteiger partial charge in [-0.25, -0.2) is 0 Å². The molecule has 0 bridgehead atoms. The number of rotatable bonds is 3. The fraction of sp³-hybridized carbons (Fsp3) is 0.0588. The molecule has 0 atom stereocenters. The Kier molecular flexibility index (Phi) is 3.95. The molecule has 3 rings (SSSR count). The van der Waals surface area contributed by atoms with Gasteiger partial charge in [-0.1, -0.05) is 51.8 Å². The van der Waals surface area contributed by atoms with Crippen LogP contribution in [0.5, 0.6) is 5.75 Å². The van der Waals surface area contributed by atoms with E-state index >= 15 is 0 Å². The summed E-state index contributed by atoms with van der Waals surface area (Å²) in [6.07, 6.45) is 0. The highest BCUT2D eigenvalue weighted by atomic mass is 79.9. The second-order valence-corrected chi connectivity index (χ2v) is 5.92. The molecule has 3 heteroatoms. The number of halogens is 2. The van der Waals surface area contributed by atoms with Gasteiger partial charge >= 0.3 is 0 Å². The van der Waals surface area contributed by atoms with Gasteiger partial charge < -0.3 is 4.74 Å². The third kappa shape index (κ3) is 3.14. The standard InChI is InChI=1S/C17H12BrClO/c18-15-5-3-14-10-17(8-4-13(14)9-15)20-11-12-1-6-16(19)7-2-12/h1-10H,11H2. The number of ether oxygens (including phenoxy) is 1. The summed E-state index contributed by atoms with van der Waals surface area (Å²) in [6, 6.07) is 20.0. The summed E-state index contributed by atoms with van der Waals surface area (Å²) < 4.78 is 6.90. The van der Waals surface area contributed by atoms with Crippen molar-refractivity contribution in [2.75, 3.05) is 0 Å². The molecule has 0 aliphatic carbocycles. The van der Waals surface area contributed by atoms with Gasteiger partial charge in [0.2, 0.25) is 0 Å². The molecule has 100 valence electrons. The van der Waals surface area contributed by atoms with Crippen LogP contribution in [0, 0.1) is 0 Å². The second-order valence-electron chi connectivity index (χ2n) is 4.57. The van der Waals surface area contributed by atoms with Crippen molar-refractivity contribution >= 4 is 38.3 Å². The average Bonchev–Trinajstić information content (AvgIpc) is 2.46. The van der Waals surface area contributed by atoms with E-state index in [1.54, 1.807) is 0 Å². The topological polar surface area (TPSA) is 9.23 Å². The molecule has 1 nitrogen and oxygen atoms in total. The first-order valence-electron chi connectivity index (χ1n) is 6.27. The highest BCUT2D eigenvalue weighted by molar-refractivity contribution is 9.10. The van der Waals surface area contributed by atoms with Crippen molar-refractivity contribution in [3.63, 3.8) is 0 Å². The lowest BCUT2D eigenvalue weighted by Crippen LogP contribution is -1.94. The van der Waals surface area contributed by atoms with Gasteiger partial charge in [0.15, 0.2) is 0 Å². The van der Waals surface area contributed by atoms with Crippen molar-refractivity contribution in [3.8, 4) is 5.75 Å². The van der Waals surface area contributed by atoms with Gasteiger partial charge in [0.25, 0.3) is 0 Å². The van der Waals surface area contributed by atoms with E-state index in [-0.39, 0.29) is 0 Å². The van der Waals surface area contributed by atoms with Crippen LogP contribution in [-0.4, -0.2) is 0 Å². The first kappa shape index (κ1) is 13.5. The third-order valence-electron chi connectivity index (χ3n) is 3.09. The van der Waals surface area contributed by atoms with Crippen LogP contribution in [-0.2, 0) is 6.61 Å². The van der Waals surface area contributed by atoms with Crippen molar-refractivity contribution in [1.82, 2.24) is 0 Å². The van der Waals surface area contributed by atoms with E-state index < -0.39 is 0 Å². The Morgan fingerprint density at radius 3 is 2.35 bits per heavy atom.